The lowest BCUT2D eigenvalue weighted by Crippen LogP contribution is -2.48. The molecule has 0 saturated carbocycles. The lowest BCUT2D eigenvalue weighted by atomic mass is 10.1. The smallest absolute Gasteiger partial charge is 0.455 e. The highest BCUT2D eigenvalue weighted by atomic mass is 31.2. The van der Waals surface area contributed by atoms with Crippen molar-refractivity contribution in [1.82, 2.24) is 0 Å². The molecule has 0 spiro atoms. The predicted octanol–water partition coefficient (Wildman–Crippen LogP) is -0.00930. The monoisotopic (exact) mass is 471 g/mol. The summed E-state index contributed by atoms with van der Waals surface area (Å²) in [5.41, 5.74) is 5.45. The molecule has 13 heteroatoms. The topological polar surface area (TPSA) is 165 Å². The maximum absolute atomic E-state index is 12.0. The molecule has 0 bridgehead atoms. The van der Waals surface area contributed by atoms with Crippen LogP contribution in [0.15, 0.2) is 24.5 Å². The number of hydrogen-bond acceptors (Lipinski definition) is 9. The van der Waals surface area contributed by atoms with Crippen molar-refractivity contribution in [3.05, 3.63) is 30.1 Å². The molecular weight excluding hydrogens is 447 g/mol. The number of aromatic nitrogens is 1. The van der Waals surface area contributed by atoms with Crippen LogP contribution in [0.2, 0.25) is 0 Å². The molecule has 1 saturated heterocycles. The van der Waals surface area contributed by atoms with Gasteiger partial charge in [0.1, 0.15) is 11.7 Å². The molecule has 1 aromatic heterocycles. The van der Waals surface area contributed by atoms with Gasteiger partial charge in [-0.3, -0.25) is 23.4 Å². The molecular formula is C19H24N2O10P+. The Kier molecular flexibility index (Phi) is 8.89. The number of nitrogens with two attached hydrogens (primary N) is 1. The van der Waals surface area contributed by atoms with Gasteiger partial charge in [-0.15, -0.1) is 12.3 Å². The Bertz CT molecular complexity index is 946. The molecule has 12 nitrogen and oxygen atoms in total. The summed E-state index contributed by atoms with van der Waals surface area (Å²) in [7, 11) is -4.49. The molecule has 1 aliphatic rings. The van der Waals surface area contributed by atoms with E-state index in [1.807, 2.05) is 0 Å². The normalized spacial score (nSPS) is 24.2. The van der Waals surface area contributed by atoms with E-state index in [1.165, 1.54) is 29.1 Å². The highest BCUT2D eigenvalue weighted by Crippen LogP contribution is 2.44. The Labute approximate surface area is 184 Å². The molecule has 0 aliphatic carbocycles. The van der Waals surface area contributed by atoms with Crippen LogP contribution in [-0.4, -0.2) is 54.3 Å². The van der Waals surface area contributed by atoms with Crippen LogP contribution in [-0.2, 0) is 37.4 Å². The molecule has 2 rings (SSSR count). The Hall–Kier alpha value is -2.81. The number of esters is 2. The van der Waals surface area contributed by atoms with Gasteiger partial charge in [0.15, 0.2) is 18.5 Å². The minimum atomic E-state index is -4.49. The highest BCUT2D eigenvalue weighted by molar-refractivity contribution is 7.47. The minimum absolute atomic E-state index is 0.0906. The highest BCUT2D eigenvalue weighted by Gasteiger charge is 2.54. The van der Waals surface area contributed by atoms with Gasteiger partial charge in [-0.2, -0.15) is 4.57 Å². The molecule has 32 heavy (non-hydrogen) atoms. The first-order chi connectivity index (χ1) is 15.0. The maximum Gasteiger partial charge on any atom is 0.472 e. The van der Waals surface area contributed by atoms with Crippen LogP contribution < -0.4 is 10.3 Å². The average molecular weight is 471 g/mol. The number of amides is 1. The largest absolute Gasteiger partial charge is 0.472 e. The number of carbonyl (C=O) groups is 3. The number of nitrogens with zero attached hydrogens (tertiary/aromatic N) is 1. The first-order valence-corrected chi connectivity index (χ1v) is 10.9. The fourth-order valence-corrected chi connectivity index (χ4v) is 3.69. The molecule has 0 aromatic carbocycles. The Balaban J connectivity index is 2.30. The Morgan fingerprint density at radius 2 is 1.91 bits per heavy atom. The number of terminal acetylenes is 1. The zero-order valence-corrected chi connectivity index (χ0v) is 18.3. The summed E-state index contributed by atoms with van der Waals surface area (Å²) in [6.07, 6.45) is 3.46. The van der Waals surface area contributed by atoms with Gasteiger partial charge in [0.25, 0.3) is 5.91 Å². The van der Waals surface area contributed by atoms with Gasteiger partial charge in [-0.25, -0.2) is 4.57 Å². The number of phosphoric ester groups is 1. The predicted molar refractivity (Wildman–Crippen MR) is 105 cm³/mol. The van der Waals surface area contributed by atoms with Crippen molar-refractivity contribution in [1.29, 1.82) is 0 Å². The molecule has 1 fully saturated rings. The lowest BCUT2D eigenvalue weighted by molar-refractivity contribution is -0.765. The van der Waals surface area contributed by atoms with Crippen LogP contribution >= 0.6 is 7.82 Å². The van der Waals surface area contributed by atoms with Gasteiger partial charge >= 0.3 is 26.0 Å². The van der Waals surface area contributed by atoms with Crippen molar-refractivity contribution in [3.63, 3.8) is 0 Å². The lowest BCUT2D eigenvalue weighted by Gasteiger charge is -2.22. The Morgan fingerprint density at radius 3 is 2.50 bits per heavy atom. The summed E-state index contributed by atoms with van der Waals surface area (Å²) in [5, 5.41) is 0. The third-order valence-electron chi connectivity index (χ3n) is 4.19. The second-order valence-electron chi connectivity index (χ2n) is 6.67. The second kappa shape index (κ2) is 11.2. The van der Waals surface area contributed by atoms with Crippen LogP contribution in [0.3, 0.4) is 0 Å². The molecule has 1 amide bonds. The fraction of sp³-hybridized carbons (Fsp3) is 0.474. The molecule has 1 aromatic rings. The summed E-state index contributed by atoms with van der Waals surface area (Å²) < 4.78 is 39.5. The summed E-state index contributed by atoms with van der Waals surface area (Å²) in [4.78, 5) is 44.7. The number of phosphoric acid groups is 1. The second-order valence-corrected chi connectivity index (χ2v) is 8.12. The third kappa shape index (κ3) is 7.12. The van der Waals surface area contributed by atoms with Gasteiger partial charge in [0.05, 0.1) is 13.2 Å². The van der Waals surface area contributed by atoms with Gasteiger partial charge < -0.3 is 24.8 Å². The van der Waals surface area contributed by atoms with Crippen molar-refractivity contribution < 1.29 is 51.7 Å². The summed E-state index contributed by atoms with van der Waals surface area (Å²) in [6.45, 7) is 1.53. The summed E-state index contributed by atoms with van der Waals surface area (Å²) in [5.74, 6) is 0.134. The van der Waals surface area contributed by atoms with Crippen molar-refractivity contribution in [2.45, 2.75) is 44.8 Å². The summed E-state index contributed by atoms with van der Waals surface area (Å²) >= 11 is 0. The molecule has 0 radical (unpaired) electrons. The van der Waals surface area contributed by atoms with Crippen molar-refractivity contribution in [3.8, 4) is 12.3 Å². The van der Waals surface area contributed by atoms with E-state index in [9.17, 15) is 23.8 Å². The molecule has 174 valence electrons. The third-order valence-corrected chi connectivity index (χ3v) is 5.18. The van der Waals surface area contributed by atoms with Gasteiger partial charge in [0.2, 0.25) is 6.10 Å². The van der Waals surface area contributed by atoms with Crippen LogP contribution in [0.5, 0.6) is 0 Å². The maximum atomic E-state index is 12.0. The van der Waals surface area contributed by atoms with Crippen molar-refractivity contribution in [2.75, 3.05) is 13.2 Å². The van der Waals surface area contributed by atoms with Crippen LogP contribution in [0, 0.1) is 12.3 Å². The van der Waals surface area contributed by atoms with Gasteiger partial charge in [-0.05, 0) is 6.07 Å². The van der Waals surface area contributed by atoms with Gasteiger partial charge in [-0.1, -0.05) is 0 Å². The van der Waals surface area contributed by atoms with Crippen molar-refractivity contribution in [2.24, 2.45) is 5.73 Å². The van der Waals surface area contributed by atoms with E-state index in [0.717, 1.165) is 13.8 Å². The van der Waals surface area contributed by atoms with Gasteiger partial charge in [0, 0.05) is 26.3 Å². The quantitative estimate of drug-likeness (QED) is 0.156. The fourth-order valence-electron chi connectivity index (χ4n) is 2.95. The van der Waals surface area contributed by atoms with Crippen molar-refractivity contribution >= 4 is 25.7 Å². The summed E-state index contributed by atoms with van der Waals surface area (Å²) in [6, 6.07) is 2.98. The molecule has 1 unspecified atom stereocenters. The SMILES string of the molecule is C#CCCOP(=O)(O)OC[C@H]1O[C@@H]([n+]2cccc(C(N)=O)c2)[C@H](OC(C)=O)[C@@H]1OC(C)=O. The number of pyridine rings is 1. The molecule has 2 heterocycles. The number of carbonyl (C=O) groups excluding carboxylic acids is 3. The van der Waals surface area contributed by atoms with Crippen LogP contribution in [0.25, 0.3) is 0 Å². The molecule has 5 atom stereocenters. The minimum Gasteiger partial charge on any atom is -0.455 e. The zero-order valence-electron chi connectivity index (χ0n) is 17.4. The molecule has 3 N–H and O–H groups in total. The van der Waals surface area contributed by atoms with E-state index in [4.69, 9.17) is 35.4 Å². The molecule has 1 aliphatic heterocycles. The number of rotatable bonds is 10. The van der Waals surface area contributed by atoms with E-state index >= 15 is 0 Å². The number of ether oxygens (including phenoxy) is 3. The first kappa shape index (κ1) is 25.5. The average Bonchev–Trinajstić information content (AvgIpc) is 3.03. The van der Waals surface area contributed by atoms with Crippen LogP contribution in [0.1, 0.15) is 36.9 Å². The van der Waals surface area contributed by atoms with E-state index in [-0.39, 0.29) is 18.6 Å². The first-order valence-electron chi connectivity index (χ1n) is 9.40. The van der Waals surface area contributed by atoms with Crippen LogP contribution in [0.4, 0.5) is 0 Å². The number of primary amides is 1. The Morgan fingerprint density at radius 1 is 1.25 bits per heavy atom. The standard InChI is InChI=1S/C19H23N2O10P/c1-4-5-9-27-32(25,26)28-11-15-16(29-12(2)22)17(30-13(3)23)19(31-15)21-8-6-7-14(10-21)18(20)24/h1,6-8,10,15-17,19H,5,9,11H2,2-3H3,(H2-,20,24,25,26)/p+1/t15-,16-,17-,19-/m1/s1. The van der Waals surface area contributed by atoms with E-state index in [0.29, 0.717) is 0 Å². The number of hydrogen-bond donors (Lipinski definition) is 2. The van der Waals surface area contributed by atoms with E-state index in [1.54, 1.807) is 0 Å². The van der Waals surface area contributed by atoms with E-state index < -0.39 is 56.8 Å². The zero-order chi connectivity index (χ0) is 23.9. The van der Waals surface area contributed by atoms with E-state index in [2.05, 4.69) is 5.92 Å².